The van der Waals surface area contributed by atoms with Crippen molar-refractivity contribution in [3.63, 3.8) is 0 Å². The maximum Gasteiger partial charge on any atom is 0.278 e. The van der Waals surface area contributed by atoms with Crippen molar-refractivity contribution >= 4 is 50.9 Å². The lowest BCUT2D eigenvalue weighted by Gasteiger charge is -2.09. The van der Waals surface area contributed by atoms with E-state index in [2.05, 4.69) is 41.5 Å². The molecule has 0 spiro atoms. The van der Waals surface area contributed by atoms with Gasteiger partial charge in [-0.05, 0) is 62.4 Å². The van der Waals surface area contributed by atoms with E-state index in [4.69, 9.17) is 11.6 Å². The highest BCUT2D eigenvalue weighted by Gasteiger charge is 2.22. The molecule has 0 fully saturated rings. The maximum atomic E-state index is 13.5. The van der Waals surface area contributed by atoms with E-state index in [-0.39, 0.29) is 10.7 Å². The van der Waals surface area contributed by atoms with Crippen molar-refractivity contribution in [2.75, 3.05) is 5.32 Å². The molecule has 0 radical (unpaired) electrons. The van der Waals surface area contributed by atoms with Crippen LogP contribution in [-0.4, -0.2) is 30.9 Å². The van der Waals surface area contributed by atoms with E-state index in [1.165, 1.54) is 30.0 Å². The number of carbonyl (C=O) groups excluding carboxylic acids is 1. The molecule has 1 N–H and O–H groups in total. The van der Waals surface area contributed by atoms with Gasteiger partial charge in [0.15, 0.2) is 10.9 Å². The zero-order valence-corrected chi connectivity index (χ0v) is 20.7. The molecule has 1 amide bonds. The van der Waals surface area contributed by atoms with Crippen LogP contribution in [0.2, 0.25) is 5.02 Å². The summed E-state index contributed by atoms with van der Waals surface area (Å²) in [5.41, 5.74) is 3.50. The van der Waals surface area contributed by atoms with Crippen LogP contribution in [0.25, 0.3) is 5.69 Å². The fourth-order valence-corrected chi connectivity index (χ4v) is 4.44. The average Bonchev–Trinajstić information content (AvgIpc) is 3.19. The summed E-state index contributed by atoms with van der Waals surface area (Å²) in [5, 5.41) is 11.5. The van der Waals surface area contributed by atoms with E-state index >= 15 is 0 Å². The van der Waals surface area contributed by atoms with Crippen molar-refractivity contribution in [1.29, 1.82) is 0 Å². The molecule has 7 nitrogen and oxygen atoms in total. The van der Waals surface area contributed by atoms with Crippen molar-refractivity contribution in [3.8, 4) is 5.69 Å². The van der Waals surface area contributed by atoms with Crippen molar-refractivity contribution in [2.45, 2.75) is 24.8 Å². The molecule has 0 aliphatic heterocycles. The zero-order chi connectivity index (χ0) is 23.5. The Morgan fingerprint density at radius 1 is 1.12 bits per heavy atom. The van der Waals surface area contributed by atoms with Crippen LogP contribution < -0.4 is 5.32 Å². The molecule has 0 aliphatic rings. The number of halogens is 3. The van der Waals surface area contributed by atoms with Crippen LogP contribution in [0.15, 0.2) is 58.2 Å². The van der Waals surface area contributed by atoms with Gasteiger partial charge in [0.05, 0.1) is 16.4 Å². The van der Waals surface area contributed by atoms with E-state index in [0.29, 0.717) is 22.3 Å². The second-order valence-electron chi connectivity index (χ2n) is 7.08. The SMILES string of the molecule is Cc1cc(C)nc(SCc2c(C(=O)Nc3ccc(F)c(Cl)c3)nnn2-c2ccc(Br)cc2)n1. The van der Waals surface area contributed by atoms with Crippen molar-refractivity contribution < 1.29 is 9.18 Å². The van der Waals surface area contributed by atoms with Gasteiger partial charge in [0.25, 0.3) is 5.91 Å². The molecule has 0 aliphatic carbocycles. The van der Waals surface area contributed by atoms with Gasteiger partial charge in [0.1, 0.15) is 5.82 Å². The summed E-state index contributed by atoms with van der Waals surface area (Å²) in [6.45, 7) is 3.80. The van der Waals surface area contributed by atoms with Gasteiger partial charge in [-0.15, -0.1) is 5.10 Å². The molecule has 0 unspecified atom stereocenters. The summed E-state index contributed by atoms with van der Waals surface area (Å²) >= 11 is 10.6. The third-order valence-corrected chi connectivity index (χ3v) is 6.20. The van der Waals surface area contributed by atoms with Crippen LogP contribution in [-0.2, 0) is 5.75 Å². The van der Waals surface area contributed by atoms with Crippen LogP contribution in [0.5, 0.6) is 0 Å². The zero-order valence-electron chi connectivity index (χ0n) is 17.5. The van der Waals surface area contributed by atoms with Gasteiger partial charge in [-0.1, -0.05) is 44.5 Å². The lowest BCUT2D eigenvalue weighted by molar-refractivity contribution is 0.102. The van der Waals surface area contributed by atoms with Gasteiger partial charge in [-0.2, -0.15) is 0 Å². The number of nitrogens with one attached hydrogen (secondary N) is 1. The van der Waals surface area contributed by atoms with Gasteiger partial charge >= 0.3 is 0 Å². The molecule has 0 bridgehead atoms. The molecule has 4 aromatic rings. The fourth-order valence-electron chi connectivity index (χ4n) is 3.05. The molecular formula is C22H17BrClFN6OS. The standard InChI is InChI=1S/C22H17BrClFN6OS/c1-12-9-13(2)27-22(26-12)33-11-19-20(21(32)28-15-5-8-18(25)17(24)10-15)29-30-31(19)16-6-3-14(23)4-7-16/h3-10H,11H2,1-2H3,(H,28,32). The first kappa shape index (κ1) is 23.3. The molecule has 2 aromatic heterocycles. The van der Waals surface area contributed by atoms with Crippen LogP contribution in [0, 0.1) is 19.7 Å². The van der Waals surface area contributed by atoms with E-state index in [9.17, 15) is 9.18 Å². The number of thioether (sulfide) groups is 1. The highest BCUT2D eigenvalue weighted by molar-refractivity contribution is 9.10. The Hall–Kier alpha value is -2.82. The molecule has 0 atom stereocenters. The number of nitrogens with zero attached hydrogens (tertiary/aromatic N) is 5. The van der Waals surface area contributed by atoms with Gasteiger partial charge in [0, 0.05) is 27.3 Å². The molecule has 4 rings (SSSR count). The number of hydrogen-bond acceptors (Lipinski definition) is 6. The Morgan fingerprint density at radius 3 is 2.48 bits per heavy atom. The summed E-state index contributed by atoms with van der Waals surface area (Å²) in [6, 6.07) is 13.3. The van der Waals surface area contributed by atoms with Crippen LogP contribution in [0.3, 0.4) is 0 Å². The second kappa shape index (κ2) is 9.98. The minimum absolute atomic E-state index is 0.0888. The molecule has 2 heterocycles. The van der Waals surface area contributed by atoms with Crippen LogP contribution in [0.1, 0.15) is 27.6 Å². The minimum atomic E-state index is -0.568. The summed E-state index contributed by atoms with van der Waals surface area (Å²) in [5.74, 6) is -0.710. The van der Waals surface area contributed by atoms with Crippen LogP contribution >= 0.6 is 39.3 Å². The Morgan fingerprint density at radius 2 is 1.82 bits per heavy atom. The number of carbonyl (C=O) groups is 1. The van der Waals surface area contributed by atoms with Gasteiger partial charge in [-0.25, -0.2) is 19.0 Å². The van der Waals surface area contributed by atoms with Gasteiger partial charge < -0.3 is 5.32 Å². The number of rotatable bonds is 6. The predicted octanol–water partition coefficient (Wildman–Crippen LogP) is 5.77. The highest BCUT2D eigenvalue weighted by atomic mass is 79.9. The first-order valence-corrected chi connectivity index (χ1v) is 11.9. The second-order valence-corrected chi connectivity index (χ2v) is 9.34. The number of hydrogen-bond donors (Lipinski definition) is 1. The first-order chi connectivity index (χ1) is 15.8. The average molecular weight is 548 g/mol. The summed E-state index contributed by atoms with van der Waals surface area (Å²) in [7, 11) is 0. The van der Waals surface area contributed by atoms with Crippen molar-refractivity contribution in [1.82, 2.24) is 25.0 Å². The Labute approximate surface area is 206 Å². The van der Waals surface area contributed by atoms with E-state index in [1.807, 2.05) is 44.2 Å². The van der Waals surface area contributed by atoms with E-state index in [1.54, 1.807) is 4.68 Å². The largest absolute Gasteiger partial charge is 0.320 e. The Balaban J connectivity index is 1.67. The molecule has 168 valence electrons. The number of anilines is 1. The summed E-state index contributed by atoms with van der Waals surface area (Å²) < 4.78 is 16.0. The number of aromatic nitrogens is 5. The lowest BCUT2D eigenvalue weighted by Crippen LogP contribution is -2.15. The fraction of sp³-hybridized carbons (Fsp3) is 0.136. The van der Waals surface area contributed by atoms with Crippen molar-refractivity contribution in [2.24, 2.45) is 0 Å². The molecule has 0 saturated heterocycles. The van der Waals surface area contributed by atoms with E-state index < -0.39 is 11.7 Å². The number of amides is 1. The van der Waals surface area contributed by atoms with Crippen LogP contribution in [0.4, 0.5) is 10.1 Å². The lowest BCUT2D eigenvalue weighted by atomic mass is 10.2. The maximum absolute atomic E-state index is 13.5. The van der Waals surface area contributed by atoms with Gasteiger partial charge in [0.2, 0.25) is 0 Å². The highest BCUT2D eigenvalue weighted by Crippen LogP contribution is 2.26. The number of benzene rings is 2. The Bertz CT molecular complexity index is 1310. The third-order valence-electron chi connectivity index (χ3n) is 4.53. The molecular weight excluding hydrogens is 531 g/mol. The molecule has 11 heteroatoms. The molecule has 33 heavy (non-hydrogen) atoms. The smallest absolute Gasteiger partial charge is 0.278 e. The van der Waals surface area contributed by atoms with E-state index in [0.717, 1.165) is 21.5 Å². The third kappa shape index (κ3) is 5.58. The monoisotopic (exact) mass is 546 g/mol. The Kier molecular flexibility index (Phi) is 7.06. The van der Waals surface area contributed by atoms with Gasteiger partial charge in [-0.3, -0.25) is 4.79 Å². The normalized spacial score (nSPS) is 10.9. The summed E-state index contributed by atoms with van der Waals surface area (Å²) in [6.07, 6.45) is 0. The predicted molar refractivity (Wildman–Crippen MR) is 129 cm³/mol. The molecule has 0 saturated carbocycles. The first-order valence-electron chi connectivity index (χ1n) is 9.72. The molecule has 2 aromatic carbocycles. The quantitative estimate of drug-likeness (QED) is 0.243. The van der Waals surface area contributed by atoms with Crippen molar-refractivity contribution in [3.05, 3.63) is 86.6 Å². The minimum Gasteiger partial charge on any atom is -0.320 e. The summed E-state index contributed by atoms with van der Waals surface area (Å²) in [4.78, 5) is 21.9. The number of aryl methyl sites for hydroxylation is 2. The topological polar surface area (TPSA) is 85.6 Å².